The molecule has 4 aliphatic rings. The Hall–Kier alpha value is -13.8. The second-order valence-electron chi connectivity index (χ2n) is 34.6. The van der Waals surface area contributed by atoms with E-state index in [9.17, 15) is 0 Å². The van der Waals surface area contributed by atoms with E-state index in [-0.39, 0.29) is 21.7 Å². The molecule has 0 saturated heterocycles. The lowest BCUT2D eigenvalue weighted by Gasteiger charge is -2.42. The number of aryl methyl sites for hydroxylation is 2. The molecule has 0 saturated carbocycles. The summed E-state index contributed by atoms with van der Waals surface area (Å²) in [5.74, 6) is 0. The summed E-state index contributed by atoms with van der Waals surface area (Å²) in [7, 11) is 0. The van der Waals surface area contributed by atoms with E-state index in [1.807, 2.05) is 0 Å². The van der Waals surface area contributed by atoms with E-state index in [4.69, 9.17) is 19.9 Å². The Bertz CT molecular complexity index is 6910. The van der Waals surface area contributed by atoms with Gasteiger partial charge in [0.25, 0.3) is 0 Å². The molecule has 2 aromatic heterocycles. The molecule has 0 fully saturated rings. The molecular weight excluding hydrogens is 1410 g/mol. The molecule has 0 spiro atoms. The minimum Gasteiger partial charge on any atom is -0.310 e. The highest BCUT2D eigenvalue weighted by atomic mass is 15.2. The van der Waals surface area contributed by atoms with Crippen LogP contribution in [-0.2, 0) is 21.7 Å². The van der Waals surface area contributed by atoms with Crippen LogP contribution in [0.15, 0.2) is 315 Å². The van der Waals surface area contributed by atoms with Gasteiger partial charge in [0.15, 0.2) is 0 Å². The van der Waals surface area contributed by atoms with Crippen molar-refractivity contribution in [2.45, 2.75) is 90.9 Å². The second-order valence-corrected chi connectivity index (χ2v) is 34.6. The monoisotopic (exact) mass is 1490 g/mol. The summed E-state index contributed by atoms with van der Waals surface area (Å²) in [5.41, 5.74) is 37.0. The maximum Gasteiger partial charge on any atom is 0.0979 e. The van der Waals surface area contributed by atoms with Crippen LogP contribution >= 0.6 is 0 Å². The minimum absolute atomic E-state index is 0.197. The van der Waals surface area contributed by atoms with Gasteiger partial charge >= 0.3 is 0 Å². The molecule has 0 unspecified atom stereocenters. The summed E-state index contributed by atoms with van der Waals surface area (Å²) in [5, 5.41) is 8.66. The number of hydrogen-bond donors (Lipinski definition) is 0. The van der Waals surface area contributed by atoms with Gasteiger partial charge in [0.2, 0.25) is 0 Å². The van der Waals surface area contributed by atoms with Crippen molar-refractivity contribution in [3.05, 3.63) is 371 Å². The number of rotatable bonds is 6. The predicted octanol–water partition coefficient (Wildman–Crippen LogP) is 28.9. The fraction of sp³-hybridized carbons (Fsp3) is 0.130. The number of hydrogen-bond acceptors (Lipinski definition) is 8. The van der Waals surface area contributed by atoms with Gasteiger partial charge in [0, 0.05) is 66.0 Å². The molecule has 0 atom stereocenters. The predicted molar refractivity (Wildman–Crippen MR) is 485 cm³/mol. The van der Waals surface area contributed by atoms with Crippen LogP contribution in [0.1, 0.15) is 111 Å². The van der Waals surface area contributed by atoms with E-state index >= 15 is 0 Å². The highest BCUT2D eigenvalue weighted by Crippen LogP contribution is 2.59. The lowest BCUT2D eigenvalue weighted by atomic mass is 9.73. The average molecular weight is 1490 g/mol. The first-order chi connectivity index (χ1) is 56.4. The molecule has 0 N–H and O–H groups in total. The zero-order chi connectivity index (χ0) is 78.2. The molecule has 0 amide bonds. The maximum absolute atomic E-state index is 5.75. The number of nitrogens with zero attached hydrogens (tertiary/aromatic N) is 8. The second kappa shape index (κ2) is 24.4. The van der Waals surface area contributed by atoms with Crippen molar-refractivity contribution in [1.82, 2.24) is 19.9 Å². The molecule has 0 radical (unpaired) electrons. The Balaban J connectivity index is 0.656. The Morgan fingerprint density at radius 3 is 0.629 bits per heavy atom. The average Bonchev–Trinajstić information content (AvgIpc) is 0.711. The van der Waals surface area contributed by atoms with Crippen LogP contribution in [0.25, 0.3) is 109 Å². The van der Waals surface area contributed by atoms with Crippen LogP contribution in [0.3, 0.4) is 0 Å². The van der Waals surface area contributed by atoms with Crippen molar-refractivity contribution in [2.24, 2.45) is 0 Å². The maximum atomic E-state index is 5.75. The fourth-order valence-electron chi connectivity index (χ4n) is 20.8. The molecule has 23 rings (SSSR count). The van der Waals surface area contributed by atoms with Crippen molar-refractivity contribution in [1.29, 1.82) is 0 Å². The molecule has 0 aliphatic carbocycles. The van der Waals surface area contributed by atoms with E-state index in [2.05, 4.69) is 404 Å². The zero-order valence-corrected chi connectivity index (χ0v) is 66.6. The number of anilines is 12. The summed E-state index contributed by atoms with van der Waals surface area (Å²) in [6.07, 6.45) is 0. The molecule has 6 heterocycles. The van der Waals surface area contributed by atoms with Gasteiger partial charge in [-0.15, -0.1) is 0 Å². The standard InChI is InChI=1S/C108H82N8/c1-63-55-76(66-44-54-90-92(58-66)112-104-74-52-48-70(116-99-41-25-17-33-87(99)108(9,10)88-34-18-26-42-100(88)116)62-80(74)78-60-68(46-50-72(78)102(104)110-90)114-95-37-21-13-29-83(95)106(5,6)84-30-14-22-38-96(84)114)64(2)56-75(63)65-43-53-89-91(57-65)111-103-73-51-47-69(115-97-39-23-15-31-85(97)107(7,8)86-32-16-24-40-98(86)115)61-79(73)77-59-67(45-49-71(77)101(103)109-89)113-93-35-19-11-27-81(93)105(3,4)82-28-12-20-36-94(82)113/h11-62H,1-10H3. The van der Waals surface area contributed by atoms with Crippen LogP contribution < -0.4 is 19.6 Å². The van der Waals surface area contributed by atoms with E-state index in [1.165, 1.54) is 90.0 Å². The quantitative estimate of drug-likeness (QED) is 0.121. The third-order valence-electron chi connectivity index (χ3n) is 26.7. The molecule has 554 valence electrons. The summed E-state index contributed by atoms with van der Waals surface area (Å²) in [6, 6.07) is 117. The van der Waals surface area contributed by atoms with Gasteiger partial charge in [-0.05, 0) is 235 Å². The smallest absolute Gasteiger partial charge is 0.0979 e. The summed E-state index contributed by atoms with van der Waals surface area (Å²) in [6.45, 7) is 23.3. The largest absolute Gasteiger partial charge is 0.310 e. The lowest BCUT2D eigenvalue weighted by molar-refractivity contribution is 0.632. The molecule has 0 bridgehead atoms. The Labute approximate surface area is 674 Å². The van der Waals surface area contributed by atoms with Crippen LogP contribution in [0.5, 0.6) is 0 Å². The van der Waals surface area contributed by atoms with Crippen molar-refractivity contribution < 1.29 is 0 Å². The summed E-state index contributed by atoms with van der Waals surface area (Å²) < 4.78 is 0. The summed E-state index contributed by atoms with van der Waals surface area (Å²) >= 11 is 0. The van der Waals surface area contributed by atoms with Gasteiger partial charge < -0.3 is 19.6 Å². The van der Waals surface area contributed by atoms with Crippen LogP contribution in [0.2, 0.25) is 0 Å². The number of fused-ring (bicyclic) bond motifs is 22. The third kappa shape index (κ3) is 9.61. The topological polar surface area (TPSA) is 64.5 Å². The molecular formula is C108H82N8. The van der Waals surface area contributed by atoms with E-state index in [1.54, 1.807) is 0 Å². The minimum atomic E-state index is -0.203. The van der Waals surface area contributed by atoms with Crippen molar-refractivity contribution in [3.8, 4) is 22.3 Å². The first-order valence-electron chi connectivity index (χ1n) is 40.7. The van der Waals surface area contributed by atoms with Gasteiger partial charge in [0.05, 0.1) is 89.6 Å². The van der Waals surface area contributed by atoms with E-state index in [0.717, 1.165) is 143 Å². The number of aromatic nitrogens is 4. The highest BCUT2D eigenvalue weighted by Gasteiger charge is 2.42. The molecule has 8 heteroatoms. The van der Waals surface area contributed by atoms with E-state index in [0.29, 0.717) is 0 Å². The number of benzene rings is 17. The molecule has 17 aromatic carbocycles. The van der Waals surface area contributed by atoms with Gasteiger partial charge in [0.1, 0.15) is 0 Å². The van der Waals surface area contributed by atoms with Crippen LogP contribution in [0.4, 0.5) is 68.2 Å². The van der Waals surface area contributed by atoms with Gasteiger partial charge in [-0.3, -0.25) is 0 Å². The van der Waals surface area contributed by atoms with Crippen molar-refractivity contribution in [2.75, 3.05) is 19.6 Å². The fourth-order valence-corrected chi connectivity index (χ4v) is 20.8. The van der Waals surface area contributed by atoms with Crippen molar-refractivity contribution in [3.63, 3.8) is 0 Å². The summed E-state index contributed by atoms with van der Waals surface area (Å²) in [4.78, 5) is 32.7. The van der Waals surface area contributed by atoms with E-state index < -0.39 is 0 Å². The van der Waals surface area contributed by atoms with Gasteiger partial charge in [-0.1, -0.05) is 250 Å². The lowest BCUT2D eigenvalue weighted by Crippen LogP contribution is -2.30. The molecule has 19 aromatic rings. The van der Waals surface area contributed by atoms with Crippen molar-refractivity contribution >= 4 is 155 Å². The SMILES string of the molecule is Cc1cc(-c2ccc3nc4c5ccc(N6c7ccccc7C(C)(C)c7ccccc76)cc5c5cc(N6c7ccccc7C(C)(C)c7ccccc76)ccc5c4nc3c2)c(C)cc1-c1ccc2nc3c4ccc(N5c6ccccc6C(C)(C)c6ccccc65)cc4c4cc(N5c6ccccc6C(C)(C)c6ccccc65)ccc4c3nc2c1. The zero-order valence-electron chi connectivity index (χ0n) is 66.6. The first-order valence-corrected chi connectivity index (χ1v) is 40.7. The third-order valence-corrected chi connectivity index (χ3v) is 26.7. The molecule has 116 heavy (non-hydrogen) atoms. The number of para-hydroxylation sites is 8. The van der Waals surface area contributed by atoms with Gasteiger partial charge in [-0.2, -0.15) is 0 Å². The Kier molecular flexibility index (Phi) is 14.2. The van der Waals surface area contributed by atoms with Gasteiger partial charge in [-0.25, -0.2) is 19.9 Å². The molecule has 8 nitrogen and oxygen atoms in total. The van der Waals surface area contributed by atoms with Crippen LogP contribution in [-0.4, -0.2) is 19.9 Å². The van der Waals surface area contributed by atoms with Crippen LogP contribution in [0, 0.1) is 13.8 Å². The Morgan fingerprint density at radius 1 is 0.198 bits per heavy atom. The molecule has 4 aliphatic heterocycles. The first kappa shape index (κ1) is 67.8. The normalized spacial score (nSPS) is 15.2. The Morgan fingerprint density at radius 2 is 0.405 bits per heavy atom. The highest BCUT2D eigenvalue weighted by molar-refractivity contribution is 6.27.